The Kier molecular flexibility index (Phi) is 4.60. The predicted molar refractivity (Wildman–Crippen MR) is 90.5 cm³/mol. The third-order valence-electron chi connectivity index (χ3n) is 5.05. The zero-order valence-corrected chi connectivity index (χ0v) is 14.2. The molecular weight excluding hydrogens is 314 g/mol. The number of hydrogen-bond donors (Lipinski definition) is 1. The van der Waals surface area contributed by atoms with E-state index in [9.17, 15) is 9.59 Å². The minimum atomic E-state index is -0.394. The second kappa shape index (κ2) is 6.49. The Hall–Kier alpha value is -1.59. The van der Waals surface area contributed by atoms with E-state index in [2.05, 4.69) is 5.32 Å². The number of benzene rings is 1. The van der Waals surface area contributed by atoms with Crippen molar-refractivity contribution in [1.29, 1.82) is 0 Å². The summed E-state index contributed by atoms with van der Waals surface area (Å²) in [4.78, 5) is 28.7. The molecule has 0 bridgehead atoms. The first-order valence-electron chi connectivity index (χ1n) is 8.04. The summed E-state index contributed by atoms with van der Waals surface area (Å²) in [6.45, 7) is 4.30. The molecule has 1 N–H and O–H groups in total. The van der Waals surface area contributed by atoms with Crippen LogP contribution in [0.1, 0.15) is 13.3 Å². The van der Waals surface area contributed by atoms with E-state index in [0.29, 0.717) is 23.9 Å². The third-order valence-corrected chi connectivity index (χ3v) is 5.36. The number of likely N-dealkylation sites (N-methyl/N-ethyl adjacent to an activating group) is 1. The van der Waals surface area contributed by atoms with E-state index in [1.54, 1.807) is 22.9 Å². The summed E-state index contributed by atoms with van der Waals surface area (Å²) in [5, 5.41) is 3.75. The predicted octanol–water partition coefficient (Wildman–Crippen LogP) is 1.76. The molecule has 23 heavy (non-hydrogen) atoms. The van der Waals surface area contributed by atoms with E-state index in [4.69, 9.17) is 11.6 Å². The van der Waals surface area contributed by atoms with Crippen molar-refractivity contribution in [3.05, 3.63) is 29.3 Å². The molecule has 2 saturated heterocycles. The highest BCUT2D eigenvalue weighted by Crippen LogP contribution is 2.31. The standard InChI is InChI=1S/C17H22ClN3O2/c1-11(12-9-19-10-12)16(22)20(2)15-7-8-21(17(15)23)14-6-4-3-5-13(14)18/h3-6,11-12,15,19H,7-10H2,1-2H3. The summed E-state index contributed by atoms with van der Waals surface area (Å²) in [5.41, 5.74) is 0.721. The maximum Gasteiger partial charge on any atom is 0.249 e. The van der Waals surface area contributed by atoms with Gasteiger partial charge in [0, 0.05) is 19.5 Å². The zero-order valence-electron chi connectivity index (χ0n) is 13.5. The smallest absolute Gasteiger partial charge is 0.249 e. The SMILES string of the molecule is CC(C(=O)N(C)C1CCN(c2ccccc2Cl)C1=O)C1CNC1. The van der Waals surface area contributed by atoms with Crippen molar-refractivity contribution < 1.29 is 9.59 Å². The third kappa shape index (κ3) is 2.95. The van der Waals surface area contributed by atoms with Crippen LogP contribution in [0.3, 0.4) is 0 Å². The first-order chi connectivity index (χ1) is 11.0. The molecule has 1 aromatic carbocycles. The van der Waals surface area contributed by atoms with Gasteiger partial charge in [0.15, 0.2) is 0 Å². The molecule has 0 saturated carbocycles. The molecule has 2 heterocycles. The topological polar surface area (TPSA) is 52.7 Å². The first-order valence-corrected chi connectivity index (χ1v) is 8.41. The van der Waals surface area contributed by atoms with E-state index in [1.165, 1.54) is 0 Å². The number of nitrogens with one attached hydrogen (secondary N) is 1. The first kappa shape index (κ1) is 16.3. The van der Waals surface area contributed by atoms with Crippen LogP contribution in [0.25, 0.3) is 0 Å². The largest absolute Gasteiger partial charge is 0.333 e. The monoisotopic (exact) mass is 335 g/mol. The van der Waals surface area contributed by atoms with Crippen LogP contribution in [-0.4, -0.2) is 49.4 Å². The summed E-state index contributed by atoms with van der Waals surface area (Å²) in [7, 11) is 1.74. The number of carbonyl (C=O) groups is 2. The van der Waals surface area contributed by atoms with Crippen LogP contribution in [0.4, 0.5) is 5.69 Å². The van der Waals surface area contributed by atoms with Gasteiger partial charge in [0.05, 0.1) is 10.7 Å². The molecule has 0 radical (unpaired) electrons. The van der Waals surface area contributed by atoms with Crippen molar-refractivity contribution >= 4 is 29.1 Å². The lowest BCUT2D eigenvalue weighted by Crippen LogP contribution is -2.52. The van der Waals surface area contributed by atoms with E-state index < -0.39 is 6.04 Å². The van der Waals surface area contributed by atoms with E-state index in [-0.39, 0.29) is 17.7 Å². The summed E-state index contributed by atoms with van der Waals surface area (Å²) >= 11 is 6.20. The summed E-state index contributed by atoms with van der Waals surface area (Å²) in [5.74, 6) is 0.327. The Morgan fingerprint density at radius 3 is 2.70 bits per heavy atom. The molecule has 2 amide bonds. The average molecular weight is 336 g/mol. The van der Waals surface area contributed by atoms with Crippen LogP contribution in [0.2, 0.25) is 5.02 Å². The second-order valence-electron chi connectivity index (χ2n) is 6.40. The van der Waals surface area contributed by atoms with Gasteiger partial charge < -0.3 is 15.1 Å². The number of anilines is 1. The molecule has 0 spiro atoms. The number of carbonyl (C=O) groups excluding carboxylic acids is 2. The van der Waals surface area contributed by atoms with Gasteiger partial charge in [-0.1, -0.05) is 30.7 Å². The lowest BCUT2D eigenvalue weighted by molar-refractivity contribution is -0.141. The van der Waals surface area contributed by atoms with Crippen molar-refractivity contribution in [2.24, 2.45) is 11.8 Å². The van der Waals surface area contributed by atoms with E-state index in [0.717, 1.165) is 18.8 Å². The molecule has 2 aliphatic rings. The fraction of sp³-hybridized carbons (Fsp3) is 0.529. The summed E-state index contributed by atoms with van der Waals surface area (Å²) in [6.07, 6.45) is 0.641. The Morgan fingerprint density at radius 1 is 1.39 bits per heavy atom. The van der Waals surface area contributed by atoms with Crippen LogP contribution >= 0.6 is 11.6 Å². The number of halogens is 1. The lowest BCUT2D eigenvalue weighted by Gasteiger charge is -2.35. The normalized spacial score (nSPS) is 22.8. The van der Waals surface area contributed by atoms with Gasteiger partial charge >= 0.3 is 0 Å². The fourth-order valence-corrected chi connectivity index (χ4v) is 3.51. The molecule has 2 fully saturated rings. The van der Waals surface area contributed by atoms with Crippen LogP contribution < -0.4 is 10.2 Å². The Labute approximate surface area is 141 Å². The van der Waals surface area contributed by atoms with Crippen molar-refractivity contribution in [2.75, 3.05) is 31.6 Å². The second-order valence-corrected chi connectivity index (χ2v) is 6.81. The number of hydrogen-bond acceptors (Lipinski definition) is 3. The maximum atomic E-state index is 12.7. The quantitative estimate of drug-likeness (QED) is 0.912. The average Bonchev–Trinajstić information content (AvgIpc) is 2.86. The Morgan fingerprint density at radius 2 is 2.09 bits per heavy atom. The summed E-state index contributed by atoms with van der Waals surface area (Å²) in [6, 6.07) is 6.93. The van der Waals surface area contributed by atoms with Crippen molar-refractivity contribution in [2.45, 2.75) is 19.4 Å². The molecule has 0 aromatic heterocycles. The molecule has 2 unspecified atom stereocenters. The summed E-state index contributed by atoms with van der Waals surface area (Å²) < 4.78 is 0. The van der Waals surface area contributed by atoms with Crippen LogP contribution in [0.5, 0.6) is 0 Å². The zero-order chi connectivity index (χ0) is 16.6. The van der Waals surface area contributed by atoms with Crippen LogP contribution in [0.15, 0.2) is 24.3 Å². The molecular formula is C17H22ClN3O2. The highest BCUT2D eigenvalue weighted by Gasteiger charge is 2.40. The fourth-order valence-electron chi connectivity index (χ4n) is 3.28. The molecule has 0 aliphatic carbocycles. The van der Waals surface area contributed by atoms with Gasteiger partial charge in [0.25, 0.3) is 0 Å². The minimum Gasteiger partial charge on any atom is -0.333 e. The van der Waals surface area contributed by atoms with Gasteiger partial charge in [-0.3, -0.25) is 9.59 Å². The molecule has 2 aliphatic heterocycles. The van der Waals surface area contributed by atoms with Crippen molar-refractivity contribution in [1.82, 2.24) is 10.2 Å². The van der Waals surface area contributed by atoms with Gasteiger partial charge in [-0.15, -0.1) is 0 Å². The maximum absolute atomic E-state index is 12.7. The number of para-hydroxylation sites is 1. The van der Waals surface area contributed by atoms with Gasteiger partial charge in [-0.05, 0) is 37.6 Å². The highest BCUT2D eigenvalue weighted by atomic mass is 35.5. The number of rotatable bonds is 4. The molecule has 1 aromatic rings. The minimum absolute atomic E-state index is 0.0483. The van der Waals surface area contributed by atoms with Gasteiger partial charge in [-0.2, -0.15) is 0 Å². The van der Waals surface area contributed by atoms with Crippen LogP contribution in [-0.2, 0) is 9.59 Å². The van der Waals surface area contributed by atoms with Crippen LogP contribution in [0, 0.1) is 11.8 Å². The van der Waals surface area contributed by atoms with Gasteiger partial charge in [-0.25, -0.2) is 0 Å². The number of amides is 2. The van der Waals surface area contributed by atoms with Crippen molar-refractivity contribution in [3.8, 4) is 0 Å². The Bertz CT molecular complexity index is 618. The molecule has 3 rings (SSSR count). The van der Waals surface area contributed by atoms with Crippen molar-refractivity contribution in [3.63, 3.8) is 0 Å². The Balaban J connectivity index is 1.71. The number of nitrogens with zero attached hydrogens (tertiary/aromatic N) is 2. The van der Waals surface area contributed by atoms with E-state index in [1.807, 2.05) is 25.1 Å². The molecule has 2 atom stereocenters. The molecule has 124 valence electrons. The van der Waals surface area contributed by atoms with Gasteiger partial charge in [0.2, 0.25) is 11.8 Å². The molecule has 5 nitrogen and oxygen atoms in total. The molecule has 6 heteroatoms. The van der Waals surface area contributed by atoms with Gasteiger partial charge in [0.1, 0.15) is 6.04 Å². The van der Waals surface area contributed by atoms with E-state index >= 15 is 0 Å². The lowest BCUT2D eigenvalue weighted by atomic mass is 9.87. The highest BCUT2D eigenvalue weighted by molar-refractivity contribution is 6.34.